The summed E-state index contributed by atoms with van der Waals surface area (Å²) in [6.07, 6.45) is 1.81. The molecule has 0 amide bonds. The molecule has 0 rings (SSSR count). The molecule has 0 spiro atoms. The Kier molecular flexibility index (Phi) is 4.62. The first kappa shape index (κ1) is 8.85. The Morgan fingerprint density at radius 1 is 1.89 bits per heavy atom. The number of nitrogens with two attached hydrogens (primary N) is 1. The Morgan fingerprint density at radius 3 is 2.78 bits per heavy atom. The first-order valence-corrected chi connectivity index (χ1v) is 3.78. The van der Waals surface area contributed by atoms with Crippen LogP contribution in [0.1, 0.15) is 6.92 Å². The van der Waals surface area contributed by atoms with Gasteiger partial charge >= 0.3 is 0 Å². The third-order valence-corrected chi connectivity index (χ3v) is 1.40. The van der Waals surface area contributed by atoms with Gasteiger partial charge in [0.1, 0.15) is 0 Å². The molecule has 2 nitrogen and oxygen atoms in total. The number of amidine groups is 1. The Morgan fingerprint density at radius 2 is 2.44 bits per heavy atom. The molecular formula is C5H9ClN2S. The maximum atomic E-state index is 6.81. The van der Waals surface area contributed by atoms with Gasteiger partial charge in [0.2, 0.25) is 0 Å². The molecule has 0 saturated heterocycles. The summed E-state index contributed by atoms with van der Waals surface area (Å²) < 4.78 is 0. The van der Waals surface area contributed by atoms with Crippen LogP contribution >= 0.6 is 23.4 Å². The van der Waals surface area contributed by atoms with Crippen molar-refractivity contribution in [3.8, 4) is 0 Å². The molecule has 0 aromatic heterocycles. The second kappa shape index (κ2) is 4.70. The molecule has 0 atom stereocenters. The normalized spacial score (nSPS) is 11.6. The van der Waals surface area contributed by atoms with Gasteiger partial charge in [-0.05, 0) is 6.92 Å². The molecule has 52 valence electrons. The molecule has 4 heteroatoms. The highest BCUT2D eigenvalue weighted by Gasteiger charge is 1.86. The van der Waals surface area contributed by atoms with Crippen molar-refractivity contribution in [3.63, 3.8) is 0 Å². The molecule has 3 N–H and O–H groups in total. The molecule has 0 aromatic rings. The van der Waals surface area contributed by atoms with Gasteiger partial charge in [-0.15, -0.1) is 0 Å². The topological polar surface area (TPSA) is 49.9 Å². The van der Waals surface area contributed by atoms with Crippen LogP contribution in [-0.4, -0.2) is 10.9 Å². The third kappa shape index (κ3) is 7.85. The molecule has 0 aliphatic carbocycles. The molecule has 0 radical (unpaired) electrons. The van der Waals surface area contributed by atoms with Gasteiger partial charge < -0.3 is 5.73 Å². The number of rotatable bonds is 2. The van der Waals surface area contributed by atoms with E-state index < -0.39 is 0 Å². The monoisotopic (exact) mass is 164 g/mol. The number of nitrogens with one attached hydrogen (secondary N) is 1. The standard InChI is InChI=1S/C5H9ClN2S/c1-4(6)2-3-9-5(7)8/h2H,3H2,1H3,(H3,7,8)/b4-2-. The summed E-state index contributed by atoms with van der Waals surface area (Å²) in [6, 6.07) is 0. The quantitative estimate of drug-likeness (QED) is 0.483. The highest BCUT2D eigenvalue weighted by molar-refractivity contribution is 8.13. The molecule has 0 heterocycles. The van der Waals surface area contributed by atoms with E-state index in [1.165, 1.54) is 11.8 Å². The van der Waals surface area contributed by atoms with Crippen LogP contribution < -0.4 is 5.73 Å². The van der Waals surface area contributed by atoms with E-state index >= 15 is 0 Å². The Hall–Kier alpha value is -0.150. The summed E-state index contributed by atoms with van der Waals surface area (Å²) in [5.41, 5.74) is 5.05. The smallest absolute Gasteiger partial charge is 0.151 e. The number of thioether (sulfide) groups is 1. The van der Waals surface area contributed by atoms with Crippen LogP contribution in [0.3, 0.4) is 0 Å². The maximum absolute atomic E-state index is 6.81. The van der Waals surface area contributed by atoms with E-state index in [0.717, 1.165) is 5.03 Å². The van der Waals surface area contributed by atoms with Crippen molar-refractivity contribution in [1.82, 2.24) is 0 Å². The zero-order valence-electron chi connectivity index (χ0n) is 5.15. The molecule has 0 bridgehead atoms. The lowest BCUT2D eigenvalue weighted by molar-refractivity contribution is 1.50. The van der Waals surface area contributed by atoms with Gasteiger partial charge in [-0.2, -0.15) is 0 Å². The number of halogens is 1. The molecule has 0 unspecified atom stereocenters. The minimum absolute atomic E-state index is 0.129. The average molecular weight is 165 g/mol. The van der Waals surface area contributed by atoms with Gasteiger partial charge in [0.15, 0.2) is 5.17 Å². The molecular weight excluding hydrogens is 156 g/mol. The van der Waals surface area contributed by atoms with Crippen LogP contribution in [0.4, 0.5) is 0 Å². The second-order valence-corrected chi connectivity index (χ2v) is 3.12. The molecule has 9 heavy (non-hydrogen) atoms. The van der Waals surface area contributed by atoms with E-state index in [9.17, 15) is 0 Å². The minimum atomic E-state index is 0.129. The highest BCUT2D eigenvalue weighted by atomic mass is 35.5. The van der Waals surface area contributed by atoms with E-state index in [0.29, 0.717) is 5.75 Å². The highest BCUT2D eigenvalue weighted by Crippen LogP contribution is 2.03. The Bertz CT molecular complexity index is 129. The Balaban J connectivity index is 3.31. The third-order valence-electron chi connectivity index (χ3n) is 0.603. The fourth-order valence-corrected chi connectivity index (χ4v) is 0.928. The predicted octanol–water partition coefficient (Wildman–Crippen LogP) is 1.76. The van der Waals surface area contributed by atoms with Gasteiger partial charge in [0, 0.05) is 10.8 Å². The van der Waals surface area contributed by atoms with Crippen molar-refractivity contribution < 1.29 is 0 Å². The lowest BCUT2D eigenvalue weighted by Crippen LogP contribution is -2.03. The zero-order valence-corrected chi connectivity index (χ0v) is 6.72. The Labute approximate surface area is 64.0 Å². The van der Waals surface area contributed by atoms with E-state index in [4.69, 9.17) is 22.7 Å². The number of hydrogen-bond donors (Lipinski definition) is 2. The van der Waals surface area contributed by atoms with Crippen molar-refractivity contribution in [3.05, 3.63) is 11.1 Å². The summed E-state index contributed by atoms with van der Waals surface area (Å²) in [5.74, 6) is 0.685. The van der Waals surface area contributed by atoms with Crippen molar-refractivity contribution in [2.24, 2.45) is 5.73 Å². The SMILES string of the molecule is C/C(Cl)=C/CSC(=N)N. The van der Waals surface area contributed by atoms with Crippen molar-refractivity contribution in [1.29, 1.82) is 5.41 Å². The van der Waals surface area contributed by atoms with Crippen molar-refractivity contribution in [2.75, 3.05) is 5.75 Å². The van der Waals surface area contributed by atoms with Gasteiger partial charge in [0.05, 0.1) is 0 Å². The van der Waals surface area contributed by atoms with Crippen molar-refractivity contribution >= 4 is 28.5 Å². The summed E-state index contributed by atoms with van der Waals surface area (Å²) >= 11 is 6.76. The van der Waals surface area contributed by atoms with E-state index in [-0.39, 0.29) is 5.17 Å². The van der Waals surface area contributed by atoms with Crippen molar-refractivity contribution in [2.45, 2.75) is 6.92 Å². The van der Waals surface area contributed by atoms with Gasteiger partial charge in [0.25, 0.3) is 0 Å². The summed E-state index contributed by atoms with van der Waals surface area (Å²) in [4.78, 5) is 0. The lowest BCUT2D eigenvalue weighted by Gasteiger charge is -1.90. The van der Waals surface area contributed by atoms with Gasteiger partial charge in [-0.1, -0.05) is 29.4 Å². The largest absolute Gasteiger partial charge is 0.379 e. The van der Waals surface area contributed by atoms with Crippen LogP contribution in [-0.2, 0) is 0 Å². The number of allylic oxidation sites excluding steroid dienone is 1. The molecule has 0 aromatic carbocycles. The van der Waals surface area contributed by atoms with Gasteiger partial charge in [-0.25, -0.2) is 0 Å². The van der Waals surface area contributed by atoms with Crippen LogP contribution in [0.5, 0.6) is 0 Å². The first-order chi connectivity index (χ1) is 4.13. The summed E-state index contributed by atoms with van der Waals surface area (Å²) in [7, 11) is 0. The molecule has 0 saturated carbocycles. The molecule has 0 fully saturated rings. The van der Waals surface area contributed by atoms with Crippen LogP contribution in [0.2, 0.25) is 0 Å². The van der Waals surface area contributed by atoms with E-state index in [1.807, 2.05) is 6.08 Å². The van der Waals surface area contributed by atoms with E-state index in [2.05, 4.69) is 0 Å². The fraction of sp³-hybridized carbons (Fsp3) is 0.400. The van der Waals surface area contributed by atoms with E-state index in [1.54, 1.807) is 6.92 Å². The summed E-state index contributed by atoms with van der Waals surface area (Å²) in [5, 5.41) is 7.68. The average Bonchev–Trinajstić information content (AvgIpc) is 1.63. The van der Waals surface area contributed by atoms with Gasteiger partial charge in [-0.3, -0.25) is 5.41 Å². The molecule has 0 aliphatic heterocycles. The van der Waals surface area contributed by atoms with Crippen LogP contribution in [0, 0.1) is 5.41 Å². The minimum Gasteiger partial charge on any atom is -0.379 e. The molecule has 0 aliphatic rings. The maximum Gasteiger partial charge on any atom is 0.151 e. The van der Waals surface area contributed by atoms with Crippen LogP contribution in [0.15, 0.2) is 11.1 Å². The first-order valence-electron chi connectivity index (χ1n) is 2.42. The second-order valence-electron chi connectivity index (χ2n) is 1.47. The zero-order chi connectivity index (χ0) is 7.28. The summed E-state index contributed by atoms with van der Waals surface area (Å²) in [6.45, 7) is 1.79. The lowest BCUT2D eigenvalue weighted by atomic mass is 10.6. The predicted molar refractivity (Wildman–Crippen MR) is 44.0 cm³/mol. The fourth-order valence-electron chi connectivity index (χ4n) is 0.246. The van der Waals surface area contributed by atoms with Crippen LogP contribution in [0.25, 0.3) is 0 Å². The number of hydrogen-bond acceptors (Lipinski definition) is 2.